The van der Waals surface area contributed by atoms with Crippen molar-refractivity contribution in [3.63, 3.8) is 0 Å². The van der Waals surface area contributed by atoms with Gasteiger partial charge in [-0.3, -0.25) is 9.97 Å². The molecule has 0 radical (unpaired) electrons. The van der Waals surface area contributed by atoms with E-state index >= 15 is 0 Å². The zero-order chi connectivity index (χ0) is 20.2. The molecule has 144 valence electrons. The van der Waals surface area contributed by atoms with Crippen molar-refractivity contribution in [2.45, 2.75) is 13.5 Å². The van der Waals surface area contributed by atoms with Gasteiger partial charge in [0.25, 0.3) is 0 Å². The van der Waals surface area contributed by atoms with Gasteiger partial charge in [-0.05, 0) is 42.8 Å². The summed E-state index contributed by atoms with van der Waals surface area (Å²) in [4.78, 5) is 9.00. The van der Waals surface area contributed by atoms with Gasteiger partial charge in [-0.15, -0.1) is 0 Å². The van der Waals surface area contributed by atoms with Crippen molar-refractivity contribution in [1.82, 2.24) is 15.0 Å². The first-order valence-electron chi connectivity index (χ1n) is 9.47. The van der Waals surface area contributed by atoms with Gasteiger partial charge >= 0.3 is 0 Å². The maximum absolute atomic E-state index is 6.62. The Bertz CT molecular complexity index is 1170. The highest BCUT2D eigenvalue weighted by atomic mass is 15.4. The van der Waals surface area contributed by atoms with Crippen molar-refractivity contribution >= 4 is 22.3 Å². The van der Waals surface area contributed by atoms with E-state index in [1.165, 1.54) is 0 Å². The summed E-state index contributed by atoms with van der Waals surface area (Å²) in [6.07, 6.45) is 1.79. The number of fused-ring (bicyclic) bond motifs is 1. The number of hydrazine groups is 1. The lowest BCUT2D eigenvalue weighted by Crippen LogP contribution is -2.31. The molecule has 0 saturated carbocycles. The fourth-order valence-corrected chi connectivity index (χ4v) is 3.37. The second kappa shape index (κ2) is 8.12. The molecule has 4 N–H and O–H groups in total. The third-order valence-electron chi connectivity index (χ3n) is 4.78. The number of benzene rings is 2. The predicted octanol–water partition coefficient (Wildman–Crippen LogP) is 4.10. The Kier molecular flexibility index (Phi) is 5.22. The van der Waals surface area contributed by atoms with Crippen molar-refractivity contribution in [3.05, 3.63) is 108 Å². The van der Waals surface area contributed by atoms with Gasteiger partial charge in [0.15, 0.2) is 0 Å². The lowest BCUT2D eigenvalue weighted by atomic mass is 10.0. The second-order valence-electron chi connectivity index (χ2n) is 6.95. The standard InChI is InChI=1S/C24H23N5/c1-17-7-5-11-22(28-17)23(25)24(29(26)16-18-8-3-2-4-9-18)20-12-13-21-19(15-20)10-6-14-27-21/h2-15H,16,25-26H2,1H3/b24-23-. The molecular formula is C24H23N5. The largest absolute Gasteiger partial charge is 0.395 e. The number of hydrogen-bond acceptors (Lipinski definition) is 5. The monoisotopic (exact) mass is 381 g/mol. The van der Waals surface area contributed by atoms with Gasteiger partial charge in [-0.25, -0.2) is 5.84 Å². The van der Waals surface area contributed by atoms with Crippen molar-refractivity contribution in [1.29, 1.82) is 0 Å². The third-order valence-corrected chi connectivity index (χ3v) is 4.78. The van der Waals surface area contributed by atoms with Crippen molar-refractivity contribution in [2.24, 2.45) is 11.6 Å². The summed E-state index contributed by atoms with van der Waals surface area (Å²) in [6.45, 7) is 2.47. The van der Waals surface area contributed by atoms with Crippen molar-refractivity contribution < 1.29 is 0 Å². The first-order valence-corrected chi connectivity index (χ1v) is 9.47. The minimum absolute atomic E-state index is 0.522. The Morgan fingerprint density at radius 3 is 2.55 bits per heavy atom. The Morgan fingerprint density at radius 2 is 1.76 bits per heavy atom. The van der Waals surface area contributed by atoms with Crippen LogP contribution in [0.25, 0.3) is 22.3 Å². The molecule has 29 heavy (non-hydrogen) atoms. The molecule has 2 heterocycles. The van der Waals surface area contributed by atoms with Crippen LogP contribution in [0.4, 0.5) is 0 Å². The molecule has 0 aliphatic heterocycles. The molecule has 4 rings (SSSR count). The quantitative estimate of drug-likeness (QED) is 0.402. The van der Waals surface area contributed by atoms with Crippen molar-refractivity contribution in [2.75, 3.05) is 0 Å². The van der Waals surface area contributed by atoms with E-state index in [1.54, 1.807) is 11.2 Å². The molecule has 0 amide bonds. The van der Waals surface area contributed by atoms with Gasteiger partial charge in [0.05, 0.1) is 29.1 Å². The van der Waals surface area contributed by atoms with Crippen LogP contribution in [0.2, 0.25) is 0 Å². The molecule has 5 heteroatoms. The smallest absolute Gasteiger partial charge is 0.0884 e. The lowest BCUT2D eigenvalue weighted by molar-refractivity contribution is 0.410. The summed E-state index contributed by atoms with van der Waals surface area (Å²) in [6, 6.07) is 25.9. The van der Waals surface area contributed by atoms with Gasteiger partial charge in [-0.2, -0.15) is 0 Å². The first kappa shape index (κ1) is 18.7. The highest BCUT2D eigenvalue weighted by Gasteiger charge is 2.16. The molecule has 4 aromatic rings. The Labute approximate surface area is 170 Å². The molecule has 0 saturated heterocycles. The van der Waals surface area contributed by atoms with Crippen LogP contribution in [-0.4, -0.2) is 15.0 Å². The Balaban J connectivity index is 1.84. The molecule has 0 fully saturated rings. The maximum atomic E-state index is 6.62. The van der Waals surface area contributed by atoms with Gasteiger partial charge in [-0.1, -0.05) is 48.5 Å². The topological polar surface area (TPSA) is 81.1 Å². The minimum atomic E-state index is 0.522. The SMILES string of the molecule is Cc1cccc(/C(N)=C(\c2ccc3ncccc3c2)N(N)Cc2ccccc2)n1. The van der Waals surface area contributed by atoms with E-state index in [0.29, 0.717) is 17.9 Å². The number of hydrogen-bond donors (Lipinski definition) is 2. The molecule has 0 spiro atoms. The zero-order valence-corrected chi connectivity index (χ0v) is 16.3. The number of rotatable bonds is 5. The van der Waals surface area contributed by atoms with Crippen LogP contribution < -0.4 is 11.6 Å². The fraction of sp³-hybridized carbons (Fsp3) is 0.0833. The summed E-state index contributed by atoms with van der Waals surface area (Å²) < 4.78 is 0. The summed E-state index contributed by atoms with van der Waals surface area (Å²) >= 11 is 0. The normalized spacial score (nSPS) is 11.9. The number of pyridine rings is 2. The van der Waals surface area contributed by atoms with E-state index in [2.05, 4.69) is 16.0 Å². The van der Waals surface area contributed by atoms with Crippen LogP contribution >= 0.6 is 0 Å². The molecule has 2 aromatic heterocycles. The van der Waals surface area contributed by atoms with Crippen LogP contribution in [0, 0.1) is 6.92 Å². The van der Waals surface area contributed by atoms with Crippen LogP contribution in [-0.2, 0) is 6.54 Å². The molecule has 0 aliphatic carbocycles. The number of nitrogens with two attached hydrogens (primary N) is 2. The summed E-state index contributed by atoms with van der Waals surface area (Å²) in [5, 5.41) is 2.72. The third kappa shape index (κ3) is 4.10. The number of nitrogens with zero attached hydrogens (tertiary/aromatic N) is 3. The Morgan fingerprint density at radius 1 is 0.931 bits per heavy atom. The molecule has 0 bridgehead atoms. The summed E-state index contributed by atoms with van der Waals surface area (Å²) in [7, 11) is 0. The highest BCUT2D eigenvalue weighted by Crippen LogP contribution is 2.27. The van der Waals surface area contributed by atoms with E-state index in [4.69, 9.17) is 11.6 Å². The number of aromatic nitrogens is 2. The van der Waals surface area contributed by atoms with Gasteiger partial charge in [0, 0.05) is 22.8 Å². The van der Waals surface area contributed by atoms with E-state index in [1.807, 2.05) is 79.7 Å². The van der Waals surface area contributed by atoms with E-state index in [0.717, 1.165) is 33.4 Å². The van der Waals surface area contributed by atoms with Gasteiger partial charge in [0.1, 0.15) is 0 Å². The second-order valence-corrected chi connectivity index (χ2v) is 6.95. The fourth-order valence-electron chi connectivity index (χ4n) is 3.37. The zero-order valence-electron chi connectivity index (χ0n) is 16.3. The van der Waals surface area contributed by atoms with Crippen LogP contribution in [0.1, 0.15) is 22.5 Å². The Hall–Kier alpha value is -3.70. The molecule has 0 aliphatic rings. The molecule has 0 atom stereocenters. The van der Waals surface area contributed by atoms with Crippen molar-refractivity contribution in [3.8, 4) is 0 Å². The molecule has 0 unspecified atom stereocenters. The molecule has 2 aromatic carbocycles. The van der Waals surface area contributed by atoms with Gasteiger partial charge < -0.3 is 10.7 Å². The van der Waals surface area contributed by atoms with Crippen LogP contribution in [0.3, 0.4) is 0 Å². The summed E-state index contributed by atoms with van der Waals surface area (Å²) in [5.74, 6) is 6.55. The molecular weight excluding hydrogens is 358 g/mol. The average Bonchev–Trinajstić information content (AvgIpc) is 2.74. The van der Waals surface area contributed by atoms with E-state index < -0.39 is 0 Å². The minimum Gasteiger partial charge on any atom is -0.395 e. The average molecular weight is 381 g/mol. The lowest BCUT2D eigenvalue weighted by Gasteiger charge is -2.25. The van der Waals surface area contributed by atoms with E-state index in [9.17, 15) is 0 Å². The molecule has 5 nitrogen and oxygen atoms in total. The van der Waals surface area contributed by atoms with Gasteiger partial charge in [0.2, 0.25) is 0 Å². The van der Waals surface area contributed by atoms with Crippen LogP contribution in [0.15, 0.2) is 85.1 Å². The summed E-state index contributed by atoms with van der Waals surface area (Å²) in [5.41, 5.74) is 12.4. The first-order chi connectivity index (χ1) is 14.1. The predicted molar refractivity (Wildman–Crippen MR) is 118 cm³/mol. The number of aryl methyl sites for hydroxylation is 1. The highest BCUT2D eigenvalue weighted by molar-refractivity contribution is 5.91. The van der Waals surface area contributed by atoms with Crippen LogP contribution in [0.5, 0.6) is 0 Å². The van der Waals surface area contributed by atoms with E-state index in [-0.39, 0.29) is 0 Å². The maximum Gasteiger partial charge on any atom is 0.0884 e.